The standard InChI is InChI=1S/C24H26N6O3.ClH/c1-31-19-10-9-18(12-20(19)32-2)33-17-7-5-15(6-8-17)22-21-23(25)27-14-28-24(21)30(29-22)16-4-3-11-26-13-16;/h5-10,12,14,16,26H,3-4,11,13H2,1-2H3,(H2,25,27,28);1H. The van der Waals surface area contributed by atoms with E-state index in [1.807, 2.05) is 41.1 Å². The summed E-state index contributed by atoms with van der Waals surface area (Å²) >= 11 is 0. The molecule has 1 unspecified atom stereocenters. The minimum Gasteiger partial charge on any atom is -0.493 e. The van der Waals surface area contributed by atoms with Crippen LogP contribution < -0.4 is 25.3 Å². The maximum atomic E-state index is 6.25. The van der Waals surface area contributed by atoms with E-state index in [-0.39, 0.29) is 18.4 Å². The highest BCUT2D eigenvalue weighted by Gasteiger charge is 2.23. The highest BCUT2D eigenvalue weighted by molar-refractivity contribution is 5.98. The van der Waals surface area contributed by atoms with Gasteiger partial charge in [0, 0.05) is 18.2 Å². The van der Waals surface area contributed by atoms with Gasteiger partial charge < -0.3 is 25.3 Å². The average Bonchev–Trinajstić information content (AvgIpc) is 3.26. The Hall–Kier alpha value is -3.56. The highest BCUT2D eigenvalue weighted by Crippen LogP contribution is 2.36. The number of nitrogen functional groups attached to an aromatic ring is 1. The number of hydrogen-bond donors (Lipinski definition) is 2. The van der Waals surface area contributed by atoms with Gasteiger partial charge >= 0.3 is 0 Å². The van der Waals surface area contributed by atoms with E-state index in [1.54, 1.807) is 20.3 Å². The molecule has 1 aliphatic heterocycles. The zero-order valence-corrected chi connectivity index (χ0v) is 19.8. The highest BCUT2D eigenvalue weighted by atomic mass is 35.5. The summed E-state index contributed by atoms with van der Waals surface area (Å²) in [6.45, 7) is 1.89. The normalized spacial score (nSPS) is 15.5. The first kappa shape index (κ1) is 23.6. The Bertz CT molecular complexity index is 1270. The SMILES string of the molecule is COc1ccc(Oc2ccc(-c3nn(C4CCCNC4)c4ncnc(N)c34)cc2)cc1OC.Cl. The third-order valence-electron chi connectivity index (χ3n) is 5.85. The molecule has 1 atom stereocenters. The number of nitrogens with two attached hydrogens (primary N) is 1. The number of piperidine rings is 1. The minimum atomic E-state index is 0. The number of anilines is 1. The van der Waals surface area contributed by atoms with Gasteiger partial charge in [0.25, 0.3) is 0 Å². The van der Waals surface area contributed by atoms with E-state index in [0.29, 0.717) is 28.8 Å². The Morgan fingerprint density at radius 3 is 2.47 bits per heavy atom. The van der Waals surface area contributed by atoms with Crippen molar-refractivity contribution in [1.29, 1.82) is 0 Å². The maximum Gasteiger partial charge on any atom is 0.164 e. The van der Waals surface area contributed by atoms with E-state index in [1.165, 1.54) is 6.33 Å². The molecule has 10 heteroatoms. The fourth-order valence-corrected chi connectivity index (χ4v) is 4.19. The number of benzene rings is 2. The molecule has 0 bridgehead atoms. The summed E-state index contributed by atoms with van der Waals surface area (Å²) in [6.07, 6.45) is 3.64. The second-order valence-corrected chi connectivity index (χ2v) is 7.89. The number of nitrogens with one attached hydrogen (secondary N) is 1. The molecule has 2 aromatic heterocycles. The molecular formula is C24H27ClN6O3. The van der Waals surface area contributed by atoms with Crippen molar-refractivity contribution in [3.05, 3.63) is 48.8 Å². The molecule has 0 radical (unpaired) electrons. The number of aromatic nitrogens is 4. The lowest BCUT2D eigenvalue weighted by molar-refractivity contribution is 0.352. The Labute approximate surface area is 203 Å². The summed E-state index contributed by atoms with van der Waals surface area (Å²) in [5, 5.41) is 9.14. The van der Waals surface area contributed by atoms with Gasteiger partial charge in [-0.1, -0.05) is 0 Å². The summed E-state index contributed by atoms with van der Waals surface area (Å²) in [5.74, 6) is 3.02. The molecule has 34 heavy (non-hydrogen) atoms. The van der Waals surface area contributed by atoms with Crippen LogP contribution in [-0.2, 0) is 0 Å². The van der Waals surface area contributed by atoms with Crippen LogP contribution in [0.3, 0.4) is 0 Å². The Morgan fingerprint density at radius 1 is 1.00 bits per heavy atom. The second-order valence-electron chi connectivity index (χ2n) is 7.89. The van der Waals surface area contributed by atoms with Crippen molar-refractivity contribution in [2.45, 2.75) is 18.9 Å². The molecule has 5 rings (SSSR count). The van der Waals surface area contributed by atoms with Crippen molar-refractivity contribution in [3.8, 4) is 34.3 Å². The van der Waals surface area contributed by atoms with E-state index >= 15 is 0 Å². The zero-order valence-electron chi connectivity index (χ0n) is 19.0. The molecule has 1 aliphatic rings. The number of halogens is 1. The van der Waals surface area contributed by atoms with Crippen LogP contribution >= 0.6 is 12.4 Å². The van der Waals surface area contributed by atoms with E-state index in [0.717, 1.165) is 48.2 Å². The van der Waals surface area contributed by atoms with Crippen LogP contribution in [0.15, 0.2) is 48.8 Å². The second kappa shape index (κ2) is 10.1. The van der Waals surface area contributed by atoms with Gasteiger partial charge in [0.05, 0.1) is 25.6 Å². The summed E-state index contributed by atoms with van der Waals surface area (Å²) in [7, 11) is 3.20. The molecule has 3 N–H and O–H groups in total. The Balaban J connectivity index is 0.00000274. The van der Waals surface area contributed by atoms with Gasteiger partial charge in [-0.3, -0.25) is 0 Å². The average molecular weight is 483 g/mol. The smallest absolute Gasteiger partial charge is 0.164 e. The number of ether oxygens (including phenoxy) is 3. The molecule has 2 aromatic carbocycles. The summed E-state index contributed by atoms with van der Waals surface area (Å²) < 4.78 is 18.6. The first-order chi connectivity index (χ1) is 16.2. The van der Waals surface area contributed by atoms with Crippen LogP contribution in [0.1, 0.15) is 18.9 Å². The van der Waals surface area contributed by atoms with E-state index < -0.39 is 0 Å². The third-order valence-corrected chi connectivity index (χ3v) is 5.85. The van der Waals surface area contributed by atoms with Gasteiger partial charge in [0.2, 0.25) is 0 Å². The lowest BCUT2D eigenvalue weighted by atomic mass is 10.1. The molecule has 0 amide bonds. The lowest BCUT2D eigenvalue weighted by Crippen LogP contribution is -2.32. The van der Waals surface area contributed by atoms with Crippen molar-refractivity contribution in [1.82, 2.24) is 25.1 Å². The Morgan fingerprint density at radius 2 is 1.76 bits per heavy atom. The number of rotatable bonds is 6. The van der Waals surface area contributed by atoms with Gasteiger partial charge in [0.15, 0.2) is 17.1 Å². The van der Waals surface area contributed by atoms with Crippen LogP contribution in [0.25, 0.3) is 22.3 Å². The van der Waals surface area contributed by atoms with Gasteiger partial charge in [0.1, 0.15) is 29.3 Å². The lowest BCUT2D eigenvalue weighted by Gasteiger charge is -2.23. The number of fused-ring (bicyclic) bond motifs is 1. The molecule has 178 valence electrons. The van der Waals surface area contributed by atoms with Crippen LogP contribution in [0.4, 0.5) is 5.82 Å². The van der Waals surface area contributed by atoms with Crippen LogP contribution in [-0.4, -0.2) is 47.1 Å². The van der Waals surface area contributed by atoms with Crippen molar-refractivity contribution in [3.63, 3.8) is 0 Å². The summed E-state index contributed by atoms with van der Waals surface area (Å²) in [6, 6.07) is 13.4. The number of nitrogens with zero attached hydrogens (tertiary/aromatic N) is 4. The largest absolute Gasteiger partial charge is 0.493 e. The minimum absolute atomic E-state index is 0. The molecule has 1 saturated heterocycles. The van der Waals surface area contributed by atoms with Crippen LogP contribution in [0.5, 0.6) is 23.0 Å². The monoisotopic (exact) mass is 482 g/mol. The molecule has 9 nitrogen and oxygen atoms in total. The first-order valence-corrected chi connectivity index (χ1v) is 10.9. The van der Waals surface area contributed by atoms with E-state index in [9.17, 15) is 0 Å². The predicted octanol–water partition coefficient (Wildman–Crippen LogP) is 4.23. The van der Waals surface area contributed by atoms with Crippen molar-refractivity contribution in [2.24, 2.45) is 0 Å². The van der Waals surface area contributed by atoms with Gasteiger partial charge in [-0.05, 0) is 55.8 Å². The van der Waals surface area contributed by atoms with Crippen molar-refractivity contribution >= 4 is 29.3 Å². The molecule has 4 aromatic rings. The van der Waals surface area contributed by atoms with Gasteiger partial charge in [-0.2, -0.15) is 5.10 Å². The quantitative estimate of drug-likeness (QED) is 0.420. The van der Waals surface area contributed by atoms with Gasteiger partial charge in [-0.15, -0.1) is 12.4 Å². The zero-order chi connectivity index (χ0) is 22.8. The third kappa shape index (κ3) is 4.44. The molecule has 3 heterocycles. The fraction of sp³-hybridized carbons (Fsp3) is 0.292. The summed E-state index contributed by atoms with van der Waals surface area (Å²) in [4.78, 5) is 8.71. The number of hydrogen-bond acceptors (Lipinski definition) is 8. The van der Waals surface area contributed by atoms with Crippen molar-refractivity contribution in [2.75, 3.05) is 33.0 Å². The fourth-order valence-electron chi connectivity index (χ4n) is 4.19. The van der Waals surface area contributed by atoms with E-state index in [2.05, 4.69) is 15.3 Å². The molecule has 0 spiro atoms. The van der Waals surface area contributed by atoms with Gasteiger partial charge in [-0.25, -0.2) is 14.6 Å². The topological polar surface area (TPSA) is 109 Å². The van der Waals surface area contributed by atoms with E-state index in [4.69, 9.17) is 25.0 Å². The summed E-state index contributed by atoms with van der Waals surface area (Å²) in [5.41, 5.74) is 8.70. The van der Waals surface area contributed by atoms with Crippen LogP contribution in [0, 0.1) is 0 Å². The maximum absolute atomic E-state index is 6.25. The predicted molar refractivity (Wildman–Crippen MR) is 133 cm³/mol. The number of methoxy groups -OCH3 is 2. The van der Waals surface area contributed by atoms with Crippen LogP contribution in [0.2, 0.25) is 0 Å². The molecular weight excluding hydrogens is 456 g/mol. The van der Waals surface area contributed by atoms with Crippen molar-refractivity contribution < 1.29 is 14.2 Å². The first-order valence-electron chi connectivity index (χ1n) is 10.9. The Kier molecular flexibility index (Phi) is 7.04. The molecule has 1 fully saturated rings. The molecule has 0 aliphatic carbocycles. The molecule has 0 saturated carbocycles.